The Hall–Kier alpha value is -3.92. The van der Waals surface area contributed by atoms with Gasteiger partial charge in [-0.05, 0) is 55.1 Å². The van der Waals surface area contributed by atoms with Crippen molar-refractivity contribution >= 4 is 16.3 Å². The number of aliphatic hydroxyl groups excluding tert-OH is 1. The van der Waals surface area contributed by atoms with Crippen molar-refractivity contribution in [3.8, 4) is 11.4 Å². The summed E-state index contributed by atoms with van der Waals surface area (Å²) in [7, 11) is 0. The van der Waals surface area contributed by atoms with Gasteiger partial charge >= 0.3 is 11.9 Å². The maximum absolute atomic E-state index is 13.6. The van der Waals surface area contributed by atoms with Crippen molar-refractivity contribution in [3.63, 3.8) is 0 Å². The van der Waals surface area contributed by atoms with Crippen molar-refractivity contribution in [2.45, 2.75) is 33.2 Å². The van der Waals surface area contributed by atoms with Crippen molar-refractivity contribution in [2.24, 2.45) is 0 Å². The van der Waals surface area contributed by atoms with Crippen LogP contribution in [-0.2, 0) is 19.3 Å². The fraction of sp³-hybridized carbons (Fsp3) is 0.208. The molecule has 4 aromatic rings. The Morgan fingerprint density at radius 3 is 2.41 bits per heavy atom. The summed E-state index contributed by atoms with van der Waals surface area (Å²) in [6.07, 6.45) is -3.32. The number of para-hydroxylation sites is 1. The molecule has 2 aromatic heterocycles. The third-order valence-corrected chi connectivity index (χ3v) is 5.57. The quantitative estimate of drug-likeness (QED) is 0.480. The average Bonchev–Trinajstić information content (AvgIpc) is 3.13. The summed E-state index contributed by atoms with van der Waals surface area (Å²) in [6.45, 7) is 7.22. The number of aromatic nitrogens is 4. The van der Waals surface area contributed by atoms with Crippen LogP contribution in [0, 0.1) is 0 Å². The van der Waals surface area contributed by atoms with E-state index < -0.39 is 29.6 Å². The molecule has 0 spiro atoms. The largest absolute Gasteiger partial charge is 0.418 e. The van der Waals surface area contributed by atoms with Crippen LogP contribution in [0.2, 0.25) is 0 Å². The van der Waals surface area contributed by atoms with Gasteiger partial charge in [0.15, 0.2) is 5.82 Å². The van der Waals surface area contributed by atoms with Crippen molar-refractivity contribution in [1.82, 2.24) is 18.9 Å². The van der Waals surface area contributed by atoms with Gasteiger partial charge in [-0.25, -0.2) is 4.79 Å². The van der Waals surface area contributed by atoms with E-state index in [4.69, 9.17) is 0 Å². The number of benzene rings is 2. The van der Waals surface area contributed by atoms with E-state index >= 15 is 0 Å². The maximum atomic E-state index is 13.6. The molecule has 34 heavy (non-hydrogen) atoms. The number of aliphatic hydroxyl groups is 1. The zero-order chi connectivity index (χ0) is 24.8. The van der Waals surface area contributed by atoms with Gasteiger partial charge in [-0.15, -0.1) is 5.10 Å². The summed E-state index contributed by atoms with van der Waals surface area (Å²) in [6, 6.07) is 9.35. The highest BCUT2D eigenvalue weighted by Gasteiger charge is 2.34. The highest BCUT2D eigenvalue weighted by Crippen LogP contribution is 2.34. The first-order valence-corrected chi connectivity index (χ1v) is 10.4. The van der Waals surface area contributed by atoms with E-state index in [2.05, 4.69) is 11.7 Å². The standard InChI is InChI=1S/C24H21F3N4O3/c1-4-29-21(13-32)28-31(23(29)34)15-9-10-16-17(11-15)18(14(2)3)12-30(22(16)33)20-8-6-5-7-19(20)24(25,26)27/h5-12,32H,2,4,13H2,1,3H3. The van der Waals surface area contributed by atoms with E-state index in [0.29, 0.717) is 28.8 Å². The summed E-state index contributed by atoms with van der Waals surface area (Å²) < 4.78 is 44.3. The summed E-state index contributed by atoms with van der Waals surface area (Å²) in [4.78, 5) is 26.0. The first kappa shape index (κ1) is 23.2. The second-order valence-corrected chi connectivity index (χ2v) is 7.76. The van der Waals surface area contributed by atoms with Crippen LogP contribution in [0.25, 0.3) is 27.7 Å². The summed E-state index contributed by atoms with van der Waals surface area (Å²) in [5.74, 6) is 0.187. The molecule has 10 heteroatoms. The van der Waals surface area contributed by atoms with Crippen LogP contribution in [-0.4, -0.2) is 24.0 Å². The van der Waals surface area contributed by atoms with Gasteiger partial charge in [0.1, 0.15) is 6.61 Å². The number of rotatable bonds is 5. The monoisotopic (exact) mass is 470 g/mol. The van der Waals surface area contributed by atoms with Gasteiger partial charge in [0.05, 0.1) is 16.9 Å². The van der Waals surface area contributed by atoms with Crippen LogP contribution in [0.1, 0.15) is 30.8 Å². The topological polar surface area (TPSA) is 82.0 Å². The molecule has 1 N–H and O–H groups in total. The van der Waals surface area contributed by atoms with Crippen molar-refractivity contribution in [1.29, 1.82) is 0 Å². The Morgan fingerprint density at radius 1 is 1.12 bits per heavy atom. The zero-order valence-electron chi connectivity index (χ0n) is 18.4. The molecular formula is C24H21F3N4O3. The van der Waals surface area contributed by atoms with Crippen molar-refractivity contribution < 1.29 is 18.3 Å². The van der Waals surface area contributed by atoms with E-state index in [1.165, 1.54) is 41.1 Å². The number of alkyl halides is 3. The molecule has 4 rings (SSSR count). The zero-order valence-corrected chi connectivity index (χ0v) is 18.4. The first-order valence-electron chi connectivity index (χ1n) is 10.4. The Kier molecular flexibility index (Phi) is 5.78. The Bertz CT molecular complexity index is 1540. The highest BCUT2D eigenvalue weighted by atomic mass is 19.4. The maximum Gasteiger partial charge on any atom is 0.418 e. The van der Waals surface area contributed by atoms with Gasteiger partial charge in [-0.2, -0.15) is 17.9 Å². The lowest BCUT2D eigenvalue weighted by Crippen LogP contribution is -2.24. The van der Waals surface area contributed by atoms with Crippen molar-refractivity contribution in [3.05, 3.63) is 93.0 Å². The number of pyridine rings is 1. The molecule has 0 aliphatic heterocycles. The second-order valence-electron chi connectivity index (χ2n) is 7.76. The molecule has 0 radical (unpaired) electrons. The molecule has 0 saturated carbocycles. The predicted molar refractivity (Wildman–Crippen MR) is 122 cm³/mol. The van der Waals surface area contributed by atoms with Crippen LogP contribution >= 0.6 is 0 Å². The van der Waals surface area contributed by atoms with Crippen LogP contribution in [0.4, 0.5) is 13.2 Å². The molecule has 2 aromatic carbocycles. The normalized spacial score (nSPS) is 11.8. The molecule has 0 aliphatic carbocycles. The molecular weight excluding hydrogens is 449 g/mol. The molecule has 2 heterocycles. The summed E-state index contributed by atoms with van der Waals surface area (Å²) in [5.41, 5.74) is -1.04. The number of hydrogen-bond acceptors (Lipinski definition) is 4. The van der Waals surface area contributed by atoms with Gasteiger partial charge < -0.3 is 5.11 Å². The number of allylic oxidation sites excluding steroid dienone is 1. The minimum absolute atomic E-state index is 0.159. The van der Waals surface area contributed by atoms with Gasteiger partial charge in [0.25, 0.3) is 5.56 Å². The van der Waals surface area contributed by atoms with E-state index in [1.807, 2.05) is 0 Å². The lowest BCUT2D eigenvalue weighted by atomic mass is 10.0. The molecule has 0 atom stereocenters. The number of nitrogens with zero attached hydrogens (tertiary/aromatic N) is 4. The summed E-state index contributed by atoms with van der Waals surface area (Å²) >= 11 is 0. The lowest BCUT2D eigenvalue weighted by Gasteiger charge is -2.17. The molecule has 0 amide bonds. The minimum Gasteiger partial charge on any atom is -0.388 e. The van der Waals surface area contributed by atoms with E-state index in [-0.39, 0.29) is 16.9 Å². The van der Waals surface area contributed by atoms with E-state index in [9.17, 15) is 27.9 Å². The number of halogens is 3. The van der Waals surface area contributed by atoms with E-state index in [0.717, 1.165) is 15.3 Å². The van der Waals surface area contributed by atoms with Gasteiger partial charge in [-0.1, -0.05) is 18.7 Å². The Labute approximate surface area is 191 Å². The number of hydrogen-bond donors (Lipinski definition) is 1. The van der Waals surface area contributed by atoms with Crippen LogP contribution in [0.5, 0.6) is 0 Å². The molecule has 0 fully saturated rings. The van der Waals surface area contributed by atoms with Crippen molar-refractivity contribution in [2.75, 3.05) is 0 Å². The molecule has 7 nitrogen and oxygen atoms in total. The molecule has 0 bridgehead atoms. The highest BCUT2D eigenvalue weighted by molar-refractivity contribution is 5.93. The third kappa shape index (κ3) is 3.75. The van der Waals surface area contributed by atoms with Crippen LogP contribution < -0.4 is 11.2 Å². The molecule has 0 saturated heterocycles. The fourth-order valence-corrected chi connectivity index (χ4v) is 3.94. The average molecular weight is 470 g/mol. The first-order chi connectivity index (χ1) is 16.1. The van der Waals surface area contributed by atoms with Crippen LogP contribution in [0.3, 0.4) is 0 Å². The summed E-state index contributed by atoms with van der Waals surface area (Å²) in [5, 5.41) is 14.2. The number of fused-ring (bicyclic) bond motifs is 1. The van der Waals surface area contributed by atoms with Gasteiger partial charge in [0.2, 0.25) is 0 Å². The SMILES string of the molecule is C=C(C)c1cn(-c2ccccc2C(F)(F)F)c(=O)c2ccc(-n3nc(CO)n(CC)c3=O)cc12. The van der Waals surface area contributed by atoms with E-state index in [1.54, 1.807) is 19.9 Å². The second kappa shape index (κ2) is 8.45. The Morgan fingerprint density at radius 2 is 1.82 bits per heavy atom. The fourth-order valence-electron chi connectivity index (χ4n) is 3.94. The molecule has 176 valence electrons. The van der Waals surface area contributed by atoms with Gasteiger partial charge in [0, 0.05) is 23.7 Å². The Balaban J connectivity index is 2.02. The van der Waals surface area contributed by atoms with Gasteiger partial charge in [-0.3, -0.25) is 13.9 Å². The smallest absolute Gasteiger partial charge is 0.388 e. The third-order valence-electron chi connectivity index (χ3n) is 5.57. The molecule has 0 aliphatic rings. The predicted octanol–water partition coefficient (Wildman–Crippen LogP) is 3.90. The van der Waals surface area contributed by atoms with Crippen LogP contribution in [0.15, 0.2) is 64.8 Å². The lowest BCUT2D eigenvalue weighted by molar-refractivity contribution is -0.137. The minimum atomic E-state index is -4.65. The molecule has 0 unspecified atom stereocenters.